The zero-order valence-corrected chi connectivity index (χ0v) is 17.7. The van der Waals surface area contributed by atoms with Crippen molar-refractivity contribution in [3.05, 3.63) is 48.7 Å². The van der Waals surface area contributed by atoms with Gasteiger partial charge in [-0.2, -0.15) is 0 Å². The predicted molar refractivity (Wildman–Crippen MR) is 115 cm³/mol. The summed E-state index contributed by atoms with van der Waals surface area (Å²) in [6.45, 7) is 2.74. The summed E-state index contributed by atoms with van der Waals surface area (Å²) in [4.78, 5) is 25.2. The van der Waals surface area contributed by atoms with E-state index in [4.69, 9.17) is 0 Å². The average Bonchev–Trinajstić information content (AvgIpc) is 3.57. The third kappa shape index (κ3) is 4.25. The van der Waals surface area contributed by atoms with Gasteiger partial charge in [0.1, 0.15) is 11.6 Å². The van der Waals surface area contributed by atoms with Gasteiger partial charge < -0.3 is 9.80 Å². The normalized spacial score (nSPS) is 16.5. The van der Waals surface area contributed by atoms with Crippen molar-refractivity contribution in [1.29, 1.82) is 0 Å². The maximum absolute atomic E-state index is 14.3. The molecule has 1 saturated carbocycles. The summed E-state index contributed by atoms with van der Waals surface area (Å²) in [6.07, 6.45) is 7.11. The molecule has 2 aliphatic rings. The highest BCUT2D eigenvalue weighted by atomic mass is 32.2. The van der Waals surface area contributed by atoms with Crippen LogP contribution in [0, 0.1) is 5.82 Å². The lowest BCUT2D eigenvalue weighted by Crippen LogP contribution is -2.49. The molecule has 0 radical (unpaired) electrons. The smallest absolute Gasteiger partial charge is 0.233 e. The van der Waals surface area contributed by atoms with Crippen LogP contribution in [0.2, 0.25) is 0 Å². The Kier molecular flexibility index (Phi) is 5.54. The summed E-state index contributed by atoms with van der Waals surface area (Å²) in [6, 6.07) is 6.88. The Bertz CT molecular complexity index is 1060. The Morgan fingerprint density at radius 2 is 1.90 bits per heavy atom. The number of benzene rings is 1. The van der Waals surface area contributed by atoms with Crippen molar-refractivity contribution in [2.45, 2.75) is 24.0 Å². The van der Waals surface area contributed by atoms with E-state index in [2.05, 4.69) is 25.1 Å². The number of rotatable bonds is 6. The van der Waals surface area contributed by atoms with Gasteiger partial charge in [-0.05, 0) is 25.0 Å². The molecule has 0 N–H and O–H groups in total. The molecule has 0 bridgehead atoms. The molecule has 0 unspecified atom stereocenters. The Hall–Kier alpha value is -3.01. The summed E-state index contributed by atoms with van der Waals surface area (Å²) >= 11 is 1.38. The minimum Gasteiger partial charge on any atom is -0.352 e. The summed E-state index contributed by atoms with van der Waals surface area (Å²) in [5.74, 6) is 1.41. The number of anilines is 1. The number of hydrogen-bond acceptors (Lipinski definition) is 7. The van der Waals surface area contributed by atoms with Crippen molar-refractivity contribution < 1.29 is 9.18 Å². The van der Waals surface area contributed by atoms with Crippen LogP contribution >= 0.6 is 11.8 Å². The van der Waals surface area contributed by atoms with E-state index in [1.165, 1.54) is 17.8 Å². The molecule has 0 spiro atoms. The highest BCUT2D eigenvalue weighted by molar-refractivity contribution is 7.99. The number of hydrogen-bond donors (Lipinski definition) is 0. The minimum atomic E-state index is -0.314. The predicted octanol–water partition coefficient (Wildman–Crippen LogP) is 2.65. The van der Waals surface area contributed by atoms with Crippen molar-refractivity contribution in [3.8, 4) is 11.4 Å². The molecule has 1 saturated heterocycles. The molecule has 3 heterocycles. The molecule has 3 aromatic rings. The lowest BCUT2D eigenvalue weighted by atomic mass is 10.2. The molecule has 1 aliphatic heterocycles. The van der Waals surface area contributed by atoms with Gasteiger partial charge in [-0.1, -0.05) is 23.9 Å². The number of halogens is 1. The molecule has 1 aliphatic carbocycles. The van der Waals surface area contributed by atoms with Gasteiger partial charge in [-0.15, -0.1) is 10.2 Å². The van der Waals surface area contributed by atoms with Crippen molar-refractivity contribution in [1.82, 2.24) is 29.6 Å². The third-order valence-electron chi connectivity index (χ3n) is 5.52. The zero-order chi connectivity index (χ0) is 21.2. The van der Waals surface area contributed by atoms with E-state index in [0.717, 1.165) is 31.7 Å². The molecule has 1 aromatic carbocycles. The van der Waals surface area contributed by atoms with E-state index < -0.39 is 0 Å². The number of aromatic nitrogens is 5. The fraction of sp³-hybridized carbons (Fsp3) is 0.381. The molecule has 2 fully saturated rings. The van der Waals surface area contributed by atoms with Gasteiger partial charge in [0.25, 0.3) is 0 Å². The Balaban J connectivity index is 1.23. The van der Waals surface area contributed by atoms with Crippen molar-refractivity contribution in [3.63, 3.8) is 0 Å². The number of piperazine rings is 1. The van der Waals surface area contributed by atoms with E-state index in [0.29, 0.717) is 29.6 Å². The zero-order valence-electron chi connectivity index (χ0n) is 16.9. The first kappa shape index (κ1) is 19.9. The number of amides is 1. The highest BCUT2D eigenvalue weighted by Gasteiger charge is 2.31. The summed E-state index contributed by atoms with van der Waals surface area (Å²) in [5, 5.41) is 9.20. The first-order chi connectivity index (χ1) is 15.2. The second-order valence-electron chi connectivity index (χ2n) is 7.61. The van der Waals surface area contributed by atoms with E-state index in [1.54, 1.807) is 36.8 Å². The Labute approximate surface area is 183 Å². The minimum absolute atomic E-state index is 0.0709. The Morgan fingerprint density at radius 1 is 1.10 bits per heavy atom. The summed E-state index contributed by atoms with van der Waals surface area (Å²) in [7, 11) is 0. The van der Waals surface area contributed by atoms with Gasteiger partial charge in [-0.25, -0.2) is 9.37 Å². The maximum Gasteiger partial charge on any atom is 0.233 e. The second-order valence-corrected chi connectivity index (χ2v) is 8.55. The van der Waals surface area contributed by atoms with Crippen LogP contribution in [-0.2, 0) is 4.79 Å². The maximum atomic E-state index is 14.3. The molecule has 1 amide bonds. The molecule has 0 atom stereocenters. The van der Waals surface area contributed by atoms with E-state index in [1.807, 2.05) is 9.47 Å². The molecular weight excluding hydrogens is 417 g/mol. The van der Waals surface area contributed by atoms with Crippen LogP contribution in [0.15, 0.2) is 48.0 Å². The first-order valence-electron chi connectivity index (χ1n) is 10.3. The van der Waals surface area contributed by atoms with Gasteiger partial charge in [0.15, 0.2) is 11.0 Å². The number of thioether (sulfide) groups is 1. The van der Waals surface area contributed by atoms with Crippen LogP contribution in [0.5, 0.6) is 0 Å². The number of nitrogens with zero attached hydrogens (tertiary/aromatic N) is 7. The van der Waals surface area contributed by atoms with Crippen molar-refractivity contribution >= 4 is 23.5 Å². The first-order valence-corrected chi connectivity index (χ1v) is 11.3. The summed E-state index contributed by atoms with van der Waals surface area (Å²) in [5.41, 5.74) is 0.445. The lowest BCUT2D eigenvalue weighted by molar-refractivity contribution is -0.128. The summed E-state index contributed by atoms with van der Waals surface area (Å²) < 4.78 is 16.3. The molecule has 2 aromatic heterocycles. The molecule has 8 nitrogen and oxygen atoms in total. The number of carbonyl (C=O) groups is 1. The second kappa shape index (κ2) is 8.62. The van der Waals surface area contributed by atoms with Crippen LogP contribution < -0.4 is 4.90 Å². The molecule has 160 valence electrons. The standard InChI is InChI=1S/C21H22FN7OS/c22-17-4-2-1-3-16(17)20-25-26-21(29(20)15-5-6-15)31-14-19(30)28-11-9-27(10-12-28)18-13-23-7-8-24-18/h1-4,7-8,13,15H,5-6,9-12,14H2. The highest BCUT2D eigenvalue weighted by Crippen LogP contribution is 2.41. The van der Waals surface area contributed by atoms with E-state index >= 15 is 0 Å². The van der Waals surface area contributed by atoms with Crippen molar-refractivity contribution in [2.24, 2.45) is 0 Å². The largest absolute Gasteiger partial charge is 0.352 e. The molecular formula is C21H22FN7OS. The third-order valence-corrected chi connectivity index (χ3v) is 6.45. The fourth-order valence-corrected chi connectivity index (χ4v) is 4.63. The van der Waals surface area contributed by atoms with Gasteiger partial charge in [0, 0.05) is 44.6 Å². The molecule has 31 heavy (non-hydrogen) atoms. The fourth-order valence-electron chi connectivity index (χ4n) is 3.72. The van der Waals surface area contributed by atoms with Crippen LogP contribution in [0.25, 0.3) is 11.4 Å². The van der Waals surface area contributed by atoms with Crippen LogP contribution in [0.1, 0.15) is 18.9 Å². The Morgan fingerprint density at radius 3 is 2.61 bits per heavy atom. The topological polar surface area (TPSA) is 80.0 Å². The van der Waals surface area contributed by atoms with Crippen LogP contribution in [0.4, 0.5) is 10.2 Å². The average molecular weight is 440 g/mol. The van der Waals surface area contributed by atoms with Crippen LogP contribution in [0.3, 0.4) is 0 Å². The van der Waals surface area contributed by atoms with Gasteiger partial charge in [0.05, 0.1) is 17.5 Å². The van der Waals surface area contributed by atoms with Gasteiger partial charge >= 0.3 is 0 Å². The SMILES string of the molecule is O=C(CSc1nnc(-c2ccccc2F)n1C1CC1)N1CCN(c2cnccn2)CC1. The van der Waals surface area contributed by atoms with E-state index in [9.17, 15) is 9.18 Å². The molecule has 5 rings (SSSR count). The quantitative estimate of drug-likeness (QED) is 0.546. The molecule has 10 heteroatoms. The van der Waals surface area contributed by atoms with Gasteiger partial charge in [-0.3, -0.25) is 14.3 Å². The van der Waals surface area contributed by atoms with E-state index in [-0.39, 0.29) is 23.5 Å². The van der Waals surface area contributed by atoms with Crippen LogP contribution in [-0.4, -0.2) is 67.5 Å². The van der Waals surface area contributed by atoms with Gasteiger partial charge in [0.2, 0.25) is 5.91 Å². The lowest BCUT2D eigenvalue weighted by Gasteiger charge is -2.35. The number of carbonyl (C=O) groups excluding carboxylic acids is 1. The monoisotopic (exact) mass is 439 g/mol. The van der Waals surface area contributed by atoms with Crippen molar-refractivity contribution in [2.75, 3.05) is 36.8 Å².